The summed E-state index contributed by atoms with van der Waals surface area (Å²) in [5, 5.41) is 11.3. The van der Waals surface area contributed by atoms with Gasteiger partial charge in [-0.15, -0.1) is 5.10 Å². The molecule has 0 aliphatic carbocycles. The van der Waals surface area contributed by atoms with Crippen molar-refractivity contribution in [2.45, 2.75) is 32.9 Å². The second-order valence-corrected chi connectivity index (χ2v) is 4.36. The SMILES string of the molecule is COCCC(NCc1cnnn1C)C(C)C. The molecule has 0 spiro atoms. The van der Waals surface area contributed by atoms with Crippen LogP contribution in [0.25, 0.3) is 0 Å². The van der Waals surface area contributed by atoms with Crippen LogP contribution in [0.5, 0.6) is 0 Å². The standard InChI is InChI=1S/C11H22N4O/c1-9(2)11(5-6-16-4)12-7-10-8-13-14-15(10)3/h8-9,11-12H,5-7H2,1-4H3. The zero-order valence-electron chi connectivity index (χ0n) is 10.6. The molecule has 0 amide bonds. The van der Waals surface area contributed by atoms with Crippen LogP contribution in [0.4, 0.5) is 0 Å². The minimum atomic E-state index is 0.467. The maximum atomic E-state index is 5.11. The summed E-state index contributed by atoms with van der Waals surface area (Å²) in [5.74, 6) is 0.594. The van der Waals surface area contributed by atoms with Crippen LogP contribution in [-0.2, 0) is 18.3 Å². The molecule has 1 rings (SSSR count). The Hall–Kier alpha value is -0.940. The molecule has 1 heterocycles. The van der Waals surface area contributed by atoms with Gasteiger partial charge >= 0.3 is 0 Å². The molecule has 0 radical (unpaired) electrons. The molecule has 0 aliphatic heterocycles. The van der Waals surface area contributed by atoms with Crippen LogP contribution < -0.4 is 5.32 Å². The fourth-order valence-corrected chi connectivity index (χ4v) is 1.62. The average molecular weight is 226 g/mol. The lowest BCUT2D eigenvalue weighted by Crippen LogP contribution is -2.34. The summed E-state index contributed by atoms with van der Waals surface area (Å²) >= 11 is 0. The highest BCUT2D eigenvalue weighted by molar-refractivity contribution is 4.93. The van der Waals surface area contributed by atoms with E-state index in [1.165, 1.54) is 0 Å². The highest BCUT2D eigenvalue weighted by Crippen LogP contribution is 2.07. The Morgan fingerprint density at radius 1 is 1.50 bits per heavy atom. The van der Waals surface area contributed by atoms with Gasteiger partial charge in [-0.1, -0.05) is 19.1 Å². The van der Waals surface area contributed by atoms with Crippen molar-refractivity contribution in [2.75, 3.05) is 13.7 Å². The van der Waals surface area contributed by atoms with Crippen molar-refractivity contribution in [1.82, 2.24) is 20.3 Å². The van der Waals surface area contributed by atoms with Crippen molar-refractivity contribution in [2.24, 2.45) is 13.0 Å². The lowest BCUT2D eigenvalue weighted by Gasteiger charge is -2.22. The van der Waals surface area contributed by atoms with E-state index in [0.717, 1.165) is 25.3 Å². The van der Waals surface area contributed by atoms with E-state index < -0.39 is 0 Å². The summed E-state index contributed by atoms with van der Waals surface area (Å²) in [5.41, 5.74) is 1.10. The number of methoxy groups -OCH3 is 1. The predicted molar refractivity (Wildman–Crippen MR) is 63.0 cm³/mol. The van der Waals surface area contributed by atoms with E-state index in [2.05, 4.69) is 29.5 Å². The van der Waals surface area contributed by atoms with Gasteiger partial charge in [0.2, 0.25) is 0 Å². The van der Waals surface area contributed by atoms with Crippen LogP contribution in [0.15, 0.2) is 6.20 Å². The topological polar surface area (TPSA) is 52.0 Å². The molecule has 5 heteroatoms. The normalized spacial score (nSPS) is 13.3. The summed E-state index contributed by atoms with van der Waals surface area (Å²) in [7, 11) is 3.64. The fourth-order valence-electron chi connectivity index (χ4n) is 1.62. The molecule has 16 heavy (non-hydrogen) atoms. The second-order valence-electron chi connectivity index (χ2n) is 4.36. The summed E-state index contributed by atoms with van der Waals surface area (Å²) < 4.78 is 6.91. The van der Waals surface area contributed by atoms with E-state index in [9.17, 15) is 0 Å². The van der Waals surface area contributed by atoms with Gasteiger partial charge in [-0.05, 0) is 12.3 Å². The van der Waals surface area contributed by atoms with E-state index in [1.807, 2.05) is 7.05 Å². The van der Waals surface area contributed by atoms with Crippen molar-refractivity contribution in [3.05, 3.63) is 11.9 Å². The highest BCUT2D eigenvalue weighted by atomic mass is 16.5. The molecule has 0 bridgehead atoms. The van der Waals surface area contributed by atoms with Crippen molar-refractivity contribution in [1.29, 1.82) is 0 Å². The van der Waals surface area contributed by atoms with Gasteiger partial charge in [0.05, 0.1) is 11.9 Å². The molecule has 1 unspecified atom stereocenters. The van der Waals surface area contributed by atoms with Crippen molar-refractivity contribution in [3.63, 3.8) is 0 Å². The first kappa shape index (κ1) is 13.1. The zero-order valence-corrected chi connectivity index (χ0v) is 10.6. The number of nitrogens with zero attached hydrogens (tertiary/aromatic N) is 3. The monoisotopic (exact) mass is 226 g/mol. The third-order valence-corrected chi connectivity index (χ3v) is 2.79. The molecular weight excluding hydrogens is 204 g/mol. The van der Waals surface area contributed by atoms with E-state index in [4.69, 9.17) is 4.74 Å². The molecule has 5 nitrogen and oxygen atoms in total. The lowest BCUT2D eigenvalue weighted by molar-refractivity contribution is 0.173. The molecule has 0 fully saturated rings. The minimum absolute atomic E-state index is 0.467. The van der Waals surface area contributed by atoms with Crippen LogP contribution >= 0.6 is 0 Å². The molecule has 1 atom stereocenters. The maximum absolute atomic E-state index is 5.11. The zero-order chi connectivity index (χ0) is 12.0. The number of rotatable bonds is 7. The van der Waals surface area contributed by atoms with Gasteiger partial charge in [0.1, 0.15) is 0 Å². The third-order valence-electron chi connectivity index (χ3n) is 2.79. The van der Waals surface area contributed by atoms with E-state index >= 15 is 0 Å². The Balaban J connectivity index is 2.40. The summed E-state index contributed by atoms with van der Waals surface area (Å²) in [6, 6.07) is 0.467. The van der Waals surface area contributed by atoms with Crippen molar-refractivity contribution < 1.29 is 4.74 Å². The molecule has 0 saturated carbocycles. The van der Waals surface area contributed by atoms with Crippen LogP contribution in [0.2, 0.25) is 0 Å². The molecule has 92 valence electrons. The minimum Gasteiger partial charge on any atom is -0.385 e. The number of nitrogens with one attached hydrogen (secondary N) is 1. The van der Waals surface area contributed by atoms with Crippen molar-refractivity contribution >= 4 is 0 Å². The van der Waals surface area contributed by atoms with E-state index in [0.29, 0.717) is 12.0 Å². The Labute approximate surface area is 97.2 Å². The number of hydrogen-bond donors (Lipinski definition) is 1. The first-order valence-electron chi connectivity index (χ1n) is 5.71. The van der Waals surface area contributed by atoms with Gasteiger partial charge < -0.3 is 10.1 Å². The van der Waals surface area contributed by atoms with Gasteiger partial charge in [-0.25, -0.2) is 0 Å². The molecule has 1 aromatic rings. The largest absolute Gasteiger partial charge is 0.385 e. The number of ether oxygens (including phenoxy) is 1. The molecule has 1 aromatic heterocycles. The number of aryl methyl sites for hydroxylation is 1. The van der Waals surface area contributed by atoms with E-state index in [1.54, 1.807) is 18.0 Å². The van der Waals surface area contributed by atoms with Gasteiger partial charge in [-0.2, -0.15) is 0 Å². The van der Waals surface area contributed by atoms with Crippen LogP contribution in [0, 0.1) is 5.92 Å². The molecular formula is C11H22N4O. The van der Waals surface area contributed by atoms with Crippen LogP contribution in [0.1, 0.15) is 26.0 Å². The second kappa shape index (κ2) is 6.60. The van der Waals surface area contributed by atoms with E-state index in [-0.39, 0.29) is 0 Å². The third kappa shape index (κ3) is 3.90. The Kier molecular flexibility index (Phi) is 5.42. The molecule has 0 saturated heterocycles. The predicted octanol–water partition coefficient (Wildman–Crippen LogP) is 0.966. The molecule has 1 N–H and O–H groups in total. The average Bonchev–Trinajstić information content (AvgIpc) is 2.64. The molecule has 0 aromatic carbocycles. The summed E-state index contributed by atoms with van der Waals surface area (Å²) in [6.45, 7) is 6.03. The van der Waals surface area contributed by atoms with Gasteiger partial charge in [-0.3, -0.25) is 4.68 Å². The first-order valence-corrected chi connectivity index (χ1v) is 5.71. The van der Waals surface area contributed by atoms with Gasteiger partial charge in [0.15, 0.2) is 0 Å². The van der Waals surface area contributed by atoms with Gasteiger partial charge in [0, 0.05) is 33.4 Å². The number of hydrogen-bond acceptors (Lipinski definition) is 4. The van der Waals surface area contributed by atoms with Crippen LogP contribution in [0.3, 0.4) is 0 Å². The van der Waals surface area contributed by atoms with Gasteiger partial charge in [0.25, 0.3) is 0 Å². The smallest absolute Gasteiger partial charge is 0.0738 e. The Morgan fingerprint density at radius 2 is 2.25 bits per heavy atom. The quantitative estimate of drug-likeness (QED) is 0.752. The maximum Gasteiger partial charge on any atom is 0.0738 e. The Morgan fingerprint density at radius 3 is 2.75 bits per heavy atom. The first-order chi connectivity index (χ1) is 7.65. The number of aromatic nitrogens is 3. The summed E-state index contributed by atoms with van der Waals surface area (Å²) in [6.07, 6.45) is 2.82. The Bertz CT molecular complexity index is 298. The molecule has 0 aliphatic rings. The fraction of sp³-hybridized carbons (Fsp3) is 0.818. The lowest BCUT2D eigenvalue weighted by atomic mass is 10.0. The van der Waals surface area contributed by atoms with Crippen LogP contribution in [-0.4, -0.2) is 34.8 Å². The van der Waals surface area contributed by atoms with Crippen molar-refractivity contribution in [3.8, 4) is 0 Å². The summed E-state index contributed by atoms with van der Waals surface area (Å²) in [4.78, 5) is 0. The highest BCUT2D eigenvalue weighted by Gasteiger charge is 2.13.